The van der Waals surface area contributed by atoms with Crippen LogP contribution in [0.4, 0.5) is 0 Å². The van der Waals surface area contributed by atoms with Crippen molar-refractivity contribution in [3.63, 3.8) is 0 Å². The second-order valence-electron chi connectivity index (χ2n) is 2.29. The predicted molar refractivity (Wildman–Crippen MR) is 32.6 cm³/mol. The summed E-state index contributed by atoms with van der Waals surface area (Å²) < 4.78 is 5.17. The average molecular weight is 115 g/mol. The molecule has 0 amide bonds. The lowest BCUT2D eigenvalue weighted by molar-refractivity contribution is -0.123. The van der Waals surface area contributed by atoms with Gasteiger partial charge in [-0.15, -0.1) is 0 Å². The molecular weight excluding hydrogens is 102 g/mol. The van der Waals surface area contributed by atoms with Crippen molar-refractivity contribution in [2.24, 2.45) is 5.92 Å². The minimum atomic E-state index is 0.347. The highest BCUT2D eigenvalue weighted by Gasteiger charge is 2.25. The molecule has 48 valence electrons. The highest BCUT2D eigenvalue weighted by atomic mass is 16.5. The van der Waals surface area contributed by atoms with Gasteiger partial charge in [-0.3, -0.25) is 5.32 Å². The maximum atomic E-state index is 5.17. The van der Waals surface area contributed by atoms with Crippen molar-refractivity contribution in [2.75, 3.05) is 13.2 Å². The Bertz CT molecular complexity index is 74.9. The van der Waals surface area contributed by atoms with Crippen LogP contribution in [0.1, 0.15) is 13.8 Å². The van der Waals surface area contributed by atoms with E-state index in [9.17, 15) is 0 Å². The number of nitrogens with one attached hydrogen (secondary N) is 1. The molecule has 1 heterocycles. The smallest absolute Gasteiger partial charge is 0.112 e. The molecule has 1 rings (SSSR count). The summed E-state index contributed by atoms with van der Waals surface area (Å²) in [6, 6.07) is 0. The zero-order valence-electron chi connectivity index (χ0n) is 5.48. The third-order valence-electron chi connectivity index (χ3n) is 1.46. The summed E-state index contributed by atoms with van der Waals surface area (Å²) >= 11 is 0. The summed E-state index contributed by atoms with van der Waals surface area (Å²) in [6.07, 6.45) is 0.347. The molecule has 8 heavy (non-hydrogen) atoms. The number of rotatable bonds is 2. The molecule has 2 unspecified atom stereocenters. The molecule has 1 aliphatic rings. The van der Waals surface area contributed by atoms with Crippen molar-refractivity contribution in [3.8, 4) is 0 Å². The van der Waals surface area contributed by atoms with Gasteiger partial charge < -0.3 is 4.74 Å². The third-order valence-corrected chi connectivity index (χ3v) is 1.46. The molecule has 0 bridgehead atoms. The van der Waals surface area contributed by atoms with E-state index >= 15 is 0 Å². The molecule has 0 spiro atoms. The lowest BCUT2D eigenvalue weighted by Crippen LogP contribution is -2.48. The summed E-state index contributed by atoms with van der Waals surface area (Å²) in [4.78, 5) is 0. The van der Waals surface area contributed by atoms with Crippen LogP contribution in [0.5, 0.6) is 0 Å². The van der Waals surface area contributed by atoms with Crippen LogP contribution in [0.25, 0.3) is 0 Å². The van der Waals surface area contributed by atoms with Crippen molar-refractivity contribution >= 4 is 0 Å². The molecule has 1 N–H and O–H groups in total. The first-order valence-electron chi connectivity index (χ1n) is 3.19. The Kier molecular flexibility index (Phi) is 1.86. The van der Waals surface area contributed by atoms with Crippen LogP contribution in [0.2, 0.25) is 0 Å². The van der Waals surface area contributed by atoms with E-state index in [0.29, 0.717) is 6.23 Å². The highest BCUT2D eigenvalue weighted by molar-refractivity contribution is 4.71. The molecular formula is C6H13NO. The summed E-state index contributed by atoms with van der Waals surface area (Å²) in [5.41, 5.74) is 0. The van der Waals surface area contributed by atoms with Crippen molar-refractivity contribution in [3.05, 3.63) is 0 Å². The second kappa shape index (κ2) is 2.46. The zero-order valence-corrected chi connectivity index (χ0v) is 5.48. The first-order valence-corrected chi connectivity index (χ1v) is 3.19. The zero-order chi connectivity index (χ0) is 5.98. The van der Waals surface area contributed by atoms with Crippen LogP contribution in [0.3, 0.4) is 0 Å². The van der Waals surface area contributed by atoms with Gasteiger partial charge in [-0.2, -0.15) is 0 Å². The van der Waals surface area contributed by atoms with Gasteiger partial charge in [0.1, 0.15) is 6.23 Å². The average Bonchev–Trinajstić information content (AvgIpc) is 1.79. The topological polar surface area (TPSA) is 21.3 Å². The third kappa shape index (κ3) is 1.01. The van der Waals surface area contributed by atoms with Crippen LogP contribution in [-0.4, -0.2) is 19.4 Å². The van der Waals surface area contributed by atoms with Crippen LogP contribution in [0, 0.1) is 5.92 Å². The van der Waals surface area contributed by atoms with Crippen LogP contribution < -0.4 is 5.32 Å². The van der Waals surface area contributed by atoms with Gasteiger partial charge in [0.15, 0.2) is 0 Å². The Morgan fingerprint density at radius 2 is 2.50 bits per heavy atom. The Balaban J connectivity index is 2.08. The summed E-state index contributed by atoms with van der Waals surface area (Å²) in [6.45, 7) is 6.22. The van der Waals surface area contributed by atoms with Crippen molar-refractivity contribution in [1.29, 1.82) is 0 Å². The molecule has 1 fully saturated rings. The van der Waals surface area contributed by atoms with Gasteiger partial charge in [-0.1, -0.05) is 13.8 Å². The van der Waals surface area contributed by atoms with Crippen molar-refractivity contribution in [1.82, 2.24) is 5.32 Å². The Labute approximate surface area is 50.2 Å². The SMILES string of the molecule is CCNC1OCC1C. The number of hydrogen-bond donors (Lipinski definition) is 1. The van der Waals surface area contributed by atoms with Gasteiger partial charge in [0.2, 0.25) is 0 Å². The molecule has 1 aliphatic heterocycles. The normalized spacial score (nSPS) is 36.8. The fraction of sp³-hybridized carbons (Fsp3) is 1.00. The molecule has 2 heteroatoms. The first kappa shape index (κ1) is 6.05. The molecule has 2 atom stereocenters. The van der Waals surface area contributed by atoms with E-state index in [0.717, 1.165) is 19.1 Å². The maximum Gasteiger partial charge on any atom is 0.112 e. The fourth-order valence-corrected chi connectivity index (χ4v) is 0.846. The quantitative estimate of drug-likeness (QED) is 0.568. The molecule has 1 saturated heterocycles. The standard InChI is InChI=1S/C6H13NO/c1-3-7-6-5(2)4-8-6/h5-7H,3-4H2,1-2H3. The predicted octanol–water partition coefficient (Wildman–Crippen LogP) is 0.588. The summed E-state index contributed by atoms with van der Waals surface area (Å²) in [5, 5.41) is 3.21. The molecule has 0 aromatic rings. The van der Waals surface area contributed by atoms with Gasteiger partial charge in [0.05, 0.1) is 6.61 Å². The van der Waals surface area contributed by atoms with Crippen LogP contribution in [0.15, 0.2) is 0 Å². The van der Waals surface area contributed by atoms with E-state index in [1.807, 2.05) is 0 Å². The van der Waals surface area contributed by atoms with Crippen molar-refractivity contribution < 1.29 is 4.74 Å². The fourth-order valence-electron chi connectivity index (χ4n) is 0.846. The summed E-state index contributed by atoms with van der Waals surface area (Å²) in [5.74, 6) is 0.718. The molecule has 2 nitrogen and oxygen atoms in total. The van der Waals surface area contributed by atoms with Crippen LogP contribution >= 0.6 is 0 Å². The van der Waals surface area contributed by atoms with Gasteiger partial charge in [0, 0.05) is 5.92 Å². The minimum Gasteiger partial charge on any atom is -0.363 e. The van der Waals surface area contributed by atoms with E-state index < -0.39 is 0 Å². The lowest BCUT2D eigenvalue weighted by atomic mass is 10.1. The highest BCUT2D eigenvalue weighted by Crippen LogP contribution is 2.15. The Morgan fingerprint density at radius 3 is 2.62 bits per heavy atom. The van der Waals surface area contributed by atoms with Gasteiger partial charge in [0.25, 0.3) is 0 Å². The van der Waals surface area contributed by atoms with E-state index in [1.54, 1.807) is 0 Å². The minimum absolute atomic E-state index is 0.347. The second-order valence-corrected chi connectivity index (χ2v) is 2.29. The van der Waals surface area contributed by atoms with E-state index in [4.69, 9.17) is 4.74 Å². The molecule has 0 saturated carbocycles. The monoisotopic (exact) mass is 115 g/mol. The Hall–Kier alpha value is -0.0800. The van der Waals surface area contributed by atoms with Crippen LogP contribution in [-0.2, 0) is 4.74 Å². The van der Waals surface area contributed by atoms with E-state index in [2.05, 4.69) is 19.2 Å². The van der Waals surface area contributed by atoms with Gasteiger partial charge in [-0.25, -0.2) is 0 Å². The lowest BCUT2D eigenvalue weighted by Gasteiger charge is -2.34. The Morgan fingerprint density at radius 1 is 1.75 bits per heavy atom. The van der Waals surface area contributed by atoms with Gasteiger partial charge >= 0.3 is 0 Å². The first-order chi connectivity index (χ1) is 3.84. The largest absolute Gasteiger partial charge is 0.363 e. The molecule has 0 aromatic carbocycles. The van der Waals surface area contributed by atoms with Gasteiger partial charge in [-0.05, 0) is 6.54 Å². The van der Waals surface area contributed by atoms with E-state index in [-0.39, 0.29) is 0 Å². The van der Waals surface area contributed by atoms with Crippen molar-refractivity contribution in [2.45, 2.75) is 20.1 Å². The summed E-state index contributed by atoms with van der Waals surface area (Å²) in [7, 11) is 0. The molecule has 0 aromatic heterocycles. The number of ether oxygens (including phenoxy) is 1. The maximum absolute atomic E-state index is 5.17. The number of hydrogen-bond acceptors (Lipinski definition) is 2. The van der Waals surface area contributed by atoms with E-state index in [1.165, 1.54) is 0 Å². The molecule has 0 aliphatic carbocycles. The molecule has 0 radical (unpaired) electrons.